The molecule has 0 radical (unpaired) electrons. The molecule has 1 amide bonds. The van der Waals surface area contributed by atoms with Gasteiger partial charge in [-0.05, 0) is 36.3 Å². The zero-order chi connectivity index (χ0) is 16.5. The average molecular weight is 337 g/mol. The summed E-state index contributed by atoms with van der Waals surface area (Å²) in [6.07, 6.45) is 2.72. The standard InChI is InChI=1S/C18H28N2O2S/c1-3-23-12-9-18(21)19-16-7-10-20(11-8-16)14-15-5-4-6-17(13-15)22-2/h4-6,13,16H,3,7-12,14H2,1-2H3,(H,19,21). The lowest BCUT2D eigenvalue weighted by molar-refractivity contribution is -0.121. The van der Waals surface area contributed by atoms with Gasteiger partial charge in [0.05, 0.1) is 7.11 Å². The lowest BCUT2D eigenvalue weighted by Crippen LogP contribution is -2.44. The van der Waals surface area contributed by atoms with E-state index in [2.05, 4.69) is 29.3 Å². The third-order valence-corrected chi connectivity index (χ3v) is 5.07. The van der Waals surface area contributed by atoms with Crippen molar-refractivity contribution in [2.24, 2.45) is 0 Å². The van der Waals surface area contributed by atoms with Crippen molar-refractivity contribution in [2.75, 3.05) is 31.7 Å². The first kappa shape index (κ1) is 18.1. The summed E-state index contributed by atoms with van der Waals surface area (Å²) < 4.78 is 5.28. The van der Waals surface area contributed by atoms with Gasteiger partial charge in [-0.3, -0.25) is 9.69 Å². The first-order chi connectivity index (χ1) is 11.2. The molecule has 1 N–H and O–H groups in total. The van der Waals surface area contributed by atoms with Crippen LogP contribution in [-0.2, 0) is 11.3 Å². The van der Waals surface area contributed by atoms with Gasteiger partial charge in [0.1, 0.15) is 5.75 Å². The van der Waals surface area contributed by atoms with E-state index in [1.807, 2.05) is 23.9 Å². The van der Waals surface area contributed by atoms with E-state index in [0.717, 1.165) is 49.7 Å². The van der Waals surface area contributed by atoms with Gasteiger partial charge in [-0.1, -0.05) is 19.1 Å². The van der Waals surface area contributed by atoms with Crippen LogP contribution in [0.5, 0.6) is 5.75 Å². The number of thioether (sulfide) groups is 1. The monoisotopic (exact) mass is 336 g/mol. The molecule has 1 fully saturated rings. The zero-order valence-corrected chi connectivity index (χ0v) is 15.0. The molecule has 1 heterocycles. The number of carbonyl (C=O) groups excluding carboxylic acids is 1. The summed E-state index contributed by atoms with van der Waals surface area (Å²) in [5.41, 5.74) is 1.28. The number of ether oxygens (including phenoxy) is 1. The van der Waals surface area contributed by atoms with E-state index >= 15 is 0 Å². The number of carbonyl (C=O) groups is 1. The third kappa shape index (κ3) is 6.43. The summed E-state index contributed by atoms with van der Waals surface area (Å²) >= 11 is 1.82. The number of nitrogens with zero attached hydrogens (tertiary/aromatic N) is 1. The molecule has 1 aromatic carbocycles. The molecule has 0 unspecified atom stereocenters. The minimum absolute atomic E-state index is 0.206. The van der Waals surface area contributed by atoms with Crippen molar-refractivity contribution in [2.45, 2.75) is 38.8 Å². The topological polar surface area (TPSA) is 41.6 Å². The summed E-state index contributed by atoms with van der Waals surface area (Å²) in [5.74, 6) is 3.12. The van der Waals surface area contributed by atoms with Crippen molar-refractivity contribution >= 4 is 17.7 Å². The highest BCUT2D eigenvalue weighted by atomic mass is 32.2. The molecule has 2 rings (SSSR count). The Morgan fingerprint density at radius 1 is 1.39 bits per heavy atom. The Kier molecular flexibility index (Phi) is 7.76. The Morgan fingerprint density at radius 3 is 2.87 bits per heavy atom. The van der Waals surface area contributed by atoms with Crippen LogP contribution < -0.4 is 10.1 Å². The van der Waals surface area contributed by atoms with E-state index in [1.54, 1.807) is 7.11 Å². The quantitative estimate of drug-likeness (QED) is 0.741. The highest BCUT2D eigenvalue weighted by Gasteiger charge is 2.20. The van der Waals surface area contributed by atoms with Gasteiger partial charge in [0, 0.05) is 37.8 Å². The fourth-order valence-electron chi connectivity index (χ4n) is 2.87. The van der Waals surface area contributed by atoms with E-state index in [0.29, 0.717) is 12.5 Å². The second-order valence-corrected chi connectivity index (χ2v) is 7.31. The molecule has 5 heteroatoms. The number of amides is 1. The second-order valence-electron chi connectivity index (χ2n) is 5.92. The van der Waals surface area contributed by atoms with E-state index in [9.17, 15) is 4.79 Å². The molecular formula is C18H28N2O2S. The zero-order valence-electron chi connectivity index (χ0n) is 14.2. The van der Waals surface area contributed by atoms with Crippen molar-refractivity contribution in [1.82, 2.24) is 10.2 Å². The van der Waals surface area contributed by atoms with Crippen LogP contribution in [0.15, 0.2) is 24.3 Å². The number of methoxy groups -OCH3 is 1. The normalized spacial score (nSPS) is 16.3. The number of rotatable bonds is 8. The number of piperidine rings is 1. The molecular weight excluding hydrogens is 308 g/mol. The van der Waals surface area contributed by atoms with Crippen LogP contribution in [0.25, 0.3) is 0 Å². The Balaban J connectivity index is 1.70. The molecule has 1 aromatic rings. The minimum atomic E-state index is 0.206. The van der Waals surface area contributed by atoms with Crippen molar-refractivity contribution in [3.8, 4) is 5.75 Å². The molecule has 128 valence electrons. The predicted octanol–water partition coefficient (Wildman–Crippen LogP) is 2.92. The van der Waals surface area contributed by atoms with Gasteiger partial charge in [-0.2, -0.15) is 11.8 Å². The molecule has 1 aliphatic rings. The van der Waals surface area contributed by atoms with E-state index in [4.69, 9.17) is 4.74 Å². The van der Waals surface area contributed by atoms with Crippen molar-refractivity contribution in [3.05, 3.63) is 29.8 Å². The van der Waals surface area contributed by atoms with Crippen LogP contribution in [0.4, 0.5) is 0 Å². The van der Waals surface area contributed by atoms with Gasteiger partial charge in [-0.25, -0.2) is 0 Å². The highest BCUT2D eigenvalue weighted by Crippen LogP contribution is 2.17. The first-order valence-electron chi connectivity index (χ1n) is 8.43. The minimum Gasteiger partial charge on any atom is -0.497 e. The summed E-state index contributed by atoms with van der Waals surface area (Å²) in [7, 11) is 1.70. The average Bonchev–Trinajstić information content (AvgIpc) is 2.57. The molecule has 0 aliphatic carbocycles. The Labute approximate surface area is 144 Å². The largest absolute Gasteiger partial charge is 0.497 e. The van der Waals surface area contributed by atoms with Gasteiger partial charge < -0.3 is 10.1 Å². The molecule has 0 saturated carbocycles. The van der Waals surface area contributed by atoms with Crippen molar-refractivity contribution < 1.29 is 9.53 Å². The van der Waals surface area contributed by atoms with Crippen LogP contribution in [0.3, 0.4) is 0 Å². The maximum atomic E-state index is 11.9. The first-order valence-corrected chi connectivity index (χ1v) is 9.59. The van der Waals surface area contributed by atoms with Gasteiger partial charge in [0.15, 0.2) is 0 Å². The van der Waals surface area contributed by atoms with Gasteiger partial charge in [0.25, 0.3) is 0 Å². The Hall–Kier alpha value is -1.20. The third-order valence-electron chi connectivity index (χ3n) is 4.17. The van der Waals surface area contributed by atoms with Gasteiger partial charge in [-0.15, -0.1) is 0 Å². The van der Waals surface area contributed by atoms with Crippen LogP contribution in [0, 0.1) is 0 Å². The molecule has 23 heavy (non-hydrogen) atoms. The van der Waals surface area contributed by atoms with Gasteiger partial charge in [0.2, 0.25) is 5.91 Å². The summed E-state index contributed by atoms with van der Waals surface area (Å²) in [6.45, 7) is 5.14. The van der Waals surface area contributed by atoms with E-state index in [-0.39, 0.29) is 5.91 Å². The number of hydrogen-bond donors (Lipinski definition) is 1. The fourth-order valence-corrected chi connectivity index (χ4v) is 3.49. The van der Waals surface area contributed by atoms with Crippen LogP contribution in [0.2, 0.25) is 0 Å². The molecule has 4 nitrogen and oxygen atoms in total. The molecule has 1 aliphatic heterocycles. The molecule has 0 spiro atoms. The van der Waals surface area contributed by atoms with Crippen LogP contribution in [-0.4, -0.2) is 48.6 Å². The molecule has 0 aromatic heterocycles. The summed E-state index contributed by atoms with van der Waals surface area (Å²) in [5, 5.41) is 3.18. The van der Waals surface area contributed by atoms with E-state index in [1.165, 1.54) is 5.56 Å². The summed E-state index contributed by atoms with van der Waals surface area (Å²) in [6, 6.07) is 8.59. The van der Waals surface area contributed by atoms with Crippen molar-refractivity contribution in [1.29, 1.82) is 0 Å². The van der Waals surface area contributed by atoms with Gasteiger partial charge >= 0.3 is 0 Å². The number of benzene rings is 1. The Morgan fingerprint density at radius 2 is 2.17 bits per heavy atom. The maximum absolute atomic E-state index is 11.9. The molecule has 1 saturated heterocycles. The predicted molar refractivity (Wildman–Crippen MR) is 97.1 cm³/mol. The smallest absolute Gasteiger partial charge is 0.221 e. The lowest BCUT2D eigenvalue weighted by atomic mass is 10.0. The maximum Gasteiger partial charge on any atom is 0.221 e. The van der Waals surface area contributed by atoms with Crippen LogP contribution >= 0.6 is 11.8 Å². The Bertz CT molecular complexity index is 488. The molecule has 0 bridgehead atoms. The summed E-state index contributed by atoms with van der Waals surface area (Å²) in [4.78, 5) is 14.3. The van der Waals surface area contributed by atoms with Crippen molar-refractivity contribution in [3.63, 3.8) is 0 Å². The highest BCUT2D eigenvalue weighted by molar-refractivity contribution is 7.99. The second kappa shape index (κ2) is 9.83. The number of likely N-dealkylation sites (tertiary alicyclic amines) is 1. The molecule has 0 atom stereocenters. The number of hydrogen-bond acceptors (Lipinski definition) is 4. The van der Waals surface area contributed by atoms with Crippen LogP contribution in [0.1, 0.15) is 31.7 Å². The fraction of sp³-hybridized carbons (Fsp3) is 0.611. The number of nitrogens with one attached hydrogen (secondary N) is 1. The SMILES string of the molecule is CCSCCC(=O)NC1CCN(Cc2cccc(OC)c2)CC1. The van der Waals surface area contributed by atoms with E-state index < -0.39 is 0 Å². The lowest BCUT2D eigenvalue weighted by Gasteiger charge is -2.32.